The third-order valence-electron chi connectivity index (χ3n) is 4.43. The molecule has 0 bridgehead atoms. The fourth-order valence-corrected chi connectivity index (χ4v) is 3.11. The molecular formula is C22H16ClN3O3. The van der Waals surface area contributed by atoms with Crippen molar-refractivity contribution in [1.29, 1.82) is 0 Å². The van der Waals surface area contributed by atoms with E-state index < -0.39 is 5.91 Å². The van der Waals surface area contributed by atoms with Crippen LogP contribution in [0.25, 0.3) is 27.9 Å². The first kappa shape index (κ1) is 18.7. The number of nitrogens with zero attached hydrogens (tertiary/aromatic N) is 2. The van der Waals surface area contributed by atoms with Crippen molar-refractivity contribution in [2.75, 3.05) is 5.32 Å². The van der Waals surface area contributed by atoms with Crippen LogP contribution >= 0.6 is 11.6 Å². The number of halogens is 1. The van der Waals surface area contributed by atoms with Crippen molar-refractivity contribution in [1.82, 2.24) is 9.55 Å². The Kier molecular flexibility index (Phi) is 4.78. The molecule has 6 nitrogen and oxygen atoms in total. The third-order valence-corrected chi connectivity index (χ3v) is 4.66. The van der Waals surface area contributed by atoms with Crippen LogP contribution in [0.2, 0.25) is 5.02 Å². The molecule has 0 fully saturated rings. The summed E-state index contributed by atoms with van der Waals surface area (Å²) in [5, 5.41) is 4.43. The summed E-state index contributed by atoms with van der Waals surface area (Å²) in [7, 11) is 0. The molecule has 144 valence electrons. The summed E-state index contributed by atoms with van der Waals surface area (Å²) in [6.45, 7) is 5.62. The van der Waals surface area contributed by atoms with E-state index in [0.717, 1.165) is 11.3 Å². The molecule has 2 aromatic carbocycles. The first-order valence-corrected chi connectivity index (χ1v) is 9.14. The van der Waals surface area contributed by atoms with Gasteiger partial charge in [-0.3, -0.25) is 14.2 Å². The summed E-state index contributed by atoms with van der Waals surface area (Å²) >= 11 is 5.97. The molecule has 7 heteroatoms. The molecule has 0 aliphatic heterocycles. The zero-order valence-corrected chi connectivity index (χ0v) is 16.2. The Morgan fingerprint density at radius 1 is 1.17 bits per heavy atom. The lowest BCUT2D eigenvalue weighted by Gasteiger charge is -2.11. The van der Waals surface area contributed by atoms with Crippen LogP contribution in [0.4, 0.5) is 5.69 Å². The average Bonchev–Trinajstić information content (AvgIpc) is 3.14. The van der Waals surface area contributed by atoms with E-state index in [9.17, 15) is 9.59 Å². The van der Waals surface area contributed by atoms with E-state index in [1.165, 1.54) is 10.8 Å². The van der Waals surface area contributed by atoms with E-state index in [2.05, 4.69) is 16.9 Å². The second-order valence-corrected chi connectivity index (χ2v) is 6.93. The maximum Gasteiger partial charge on any atom is 0.272 e. The lowest BCUT2D eigenvalue weighted by molar-refractivity contribution is -0.111. The molecule has 4 rings (SSSR count). The molecule has 1 amide bonds. The number of aryl methyl sites for hydroxylation is 1. The highest BCUT2D eigenvalue weighted by Gasteiger charge is 2.13. The molecule has 2 heterocycles. The van der Waals surface area contributed by atoms with Gasteiger partial charge in [0.2, 0.25) is 5.89 Å². The van der Waals surface area contributed by atoms with Gasteiger partial charge in [-0.2, -0.15) is 0 Å². The smallest absolute Gasteiger partial charge is 0.272 e. The van der Waals surface area contributed by atoms with Crippen molar-refractivity contribution in [3.63, 3.8) is 0 Å². The predicted molar refractivity (Wildman–Crippen MR) is 114 cm³/mol. The number of anilines is 1. The van der Waals surface area contributed by atoms with Crippen molar-refractivity contribution in [3.05, 3.63) is 88.6 Å². The molecular weight excluding hydrogens is 390 g/mol. The number of oxazole rings is 1. The number of carbonyl (C=O) groups excluding carboxylic acids is 1. The Labute approximate surface area is 171 Å². The standard InChI is InChI=1S/C22H16ClN3O3/c1-13-12-29-21(24-13)15-3-6-18(7-4-15)25-20(27)14(2)26-10-9-16-11-17(23)5-8-19(16)22(26)28/h3-12H,2H2,1H3,(H,25,27). The lowest BCUT2D eigenvalue weighted by Crippen LogP contribution is -2.25. The topological polar surface area (TPSA) is 77.1 Å². The van der Waals surface area contributed by atoms with Crippen LogP contribution in [0.1, 0.15) is 5.69 Å². The molecule has 29 heavy (non-hydrogen) atoms. The van der Waals surface area contributed by atoms with Gasteiger partial charge in [-0.25, -0.2) is 4.98 Å². The molecule has 0 aliphatic carbocycles. The monoisotopic (exact) mass is 405 g/mol. The van der Waals surface area contributed by atoms with Crippen molar-refractivity contribution < 1.29 is 9.21 Å². The van der Waals surface area contributed by atoms with Crippen molar-refractivity contribution in [2.24, 2.45) is 0 Å². The minimum atomic E-state index is -0.486. The molecule has 2 aromatic heterocycles. The predicted octanol–water partition coefficient (Wildman–Crippen LogP) is 4.73. The van der Waals surface area contributed by atoms with E-state index in [0.29, 0.717) is 27.4 Å². The summed E-state index contributed by atoms with van der Waals surface area (Å²) in [5.41, 5.74) is 1.81. The molecule has 0 atom stereocenters. The second-order valence-electron chi connectivity index (χ2n) is 6.49. The van der Waals surface area contributed by atoms with Crippen LogP contribution in [0.3, 0.4) is 0 Å². The summed E-state index contributed by atoms with van der Waals surface area (Å²) in [6.07, 6.45) is 3.08. The van der Waals surface area contributed by atoms with E-state index in [-0.39, 0.29) is 11.3 Å². The van der Waals surface area contributed by atoms with Crippen molar-refractivity contribution in [3.8, 4) is 11.5 Å². The summed E-state index contributed by atoms with van der Waals surface area (Å²) in [4.78, 5) is 29.6. The Morgan fingerprint density at radius 2 is 1.93 bits per heavy atom. The largest absolute Gasteiger partial charge is 0.444 e. The van der Waals surface area contributed by atoms with Crippen LogP contribution < -0.4 is 10.9 Å². The Hall–Kier alpha value is -3.64. The van der Waals surface area contributed by atoms with Crippen molar-refractivity contribution >= 4 is 39.7 Å². The van der Waals surface area contributed by atoms with E-state index in [1.807, 2.05) is 6.92 Å². The van der Waals surface area contributed by atoms with Crippen molar-refractivity contribution in [2.45, 2.75) is 6.92 Å². The summed E-state index contributed by atoms with van der Waals surface area (Å²) in [6, 6.07) is 13.7. The van der Waals surface area contributed by atoms with Gasteiger partial charge in [0.25, 0.3) is 11.5 Å². The number of amides is 1. The number of benzene rings is 2. The van der Waals surface area contributed by atoms with E-state index in [1.54, 1.807) is 54.8 Å². The highest BCUT2D eigenvalue weighted by Crippen LogP contribution is 2.21. The maximum absolute atomic E-state index is 12.7. The van der Waals surface area contributed by atoms with Gasteiger partial charge in [-0.05, 0) is 60.8 Å². The van der Waals surface area contributed by atoms with Crippen LogP contribution in [0.5, 0.6) is 0 Å². The van der Waals surface area contributed by atoms with Crippen LogP contribution in [0.15, 0.2) is 76.8 Å². The molecule has 0 unspecified atom stereocenters. The van der Waals surface area contributed by atoms with Gasteiger partial charge >= 0.3 is 0 Å². The van der Waals surface area contributed by atoms with Gasteiger partial charge in [-0.1, -0.05) is 18.2 Å². The minimum absolute atomic E-state index is 0.0132. The Bertz CT molecular complexity index is 1300. The fraction of sp³-hybridized carbons (Fsp3) is 0.0455. The van der Waals surface area contributed by atoms with Gasteiger partial charge in [0.15, 0.2) is 0 Å². The quantitative estimate of drug-likeness (QED) is 0.498. The number of hydrogen-bond acceptors (Lipinski definition) is 4. The number of fused-ring (bicyclic) bond motifs is 1. The molecule has 0 saturated carbocycles. The minimum Gasteiger partial charge on any atom is -0.444 e. The molecule has 1 N–H and O–H groups in total. The number of pyridine rings is 1. The first-order valence-electron chi connectivity index (χ1n) is 8.76. The second kappa shape index (κ2) is 7.41. The molecule has 0 radical (unpaired) electrons. The number of carbonyl (C=O) groups is 1. The van der Waals surface area contributed by atoms with Gasteiger partial charge in [0.05, 0.1) is 5.69 Å². The van der Waals surface area contributed by atoms with Gasteiger partial charge in [-0.15, -0.1) is 0 Å². The average molecular weight is 406 g/mol. The van der Waals surface area contributed by atoms with Gasteiger partial charge in [0.1, 0.15) is 12.0 Å². The number of nitrogens with one attached hydrogen (secondary N) is 1. The van der Waals surface area contributed by atoms with Gasteiger partial charge in [0, 0.05) is 27.9 Å². The van der Waals surface area contributed by atoms with E-state index >= 15 is 0 Å². The third kappa shape index (κ3) is 3.70. The SMILES string of the molecule is C=C(C(=O)Nc1ccc(-c2nc(C)co2)cc1)n1ccc2cc(Cl)ccc2c1=O. The number of aromatic nitrogens is 2. The van der Waals surface area contributed by atoms with Crippen LogP contribution in [-0.4, -0.2) is 15.5 Å². The molecule has 0 aliphatic rings. The highest BCUT2D eigenvalue weighted by molar-refractivity contribution is 6.31. The Morgan fingerprint density at radius 3 is 2.62 bits per heavy atom. The summed E-state index contributed by atoms with van der Waals surface area (Å²) in [5.74, 6) is 0.0211. The molecule has 0 saturated heterocycles. The van der Waals surface area contributed by atoms with E-state index in [4.69, 9.17) is 16.0 Å². The lowest BCUT2D eigenvalue weighted by atomic mass is 10.1. The molecule has 0 spiro atoms. The Balaban J connectivity index is 1.55. The van der Waals surface area contributed by atoms with Gasteiger partial charge < -0.3 is 9.73 Å². The van der Waals surface area contributed by atoms with Crippen LogP contribution in [-0.2, 0) is 4.79 Å². The maximum atomic E-state index is 12.7. The number of rotatable bonds is 4. The zero-order chi connectivity index (χ0) is 20.5. The fourth-order valence-electron chi connectivity index (χ4n) is 2.93. The normalized spacial score (nSPS) is 10.8. The van der Waals surface area contributed by atoms with Crippen LogP contribution in [0, 0.1) is 6.92 Å². The number of hydrogen-bond donors (Lipinski definition) is 1. The highest BCUT2D eigenvalue weighted by atomic mass is 35.5. The summed E-state index contributed by atoms with van der Waals surface area (Å²) < 4.78 is 6.58. The first-order chi connectivity index (χ1) is 13.9. The molecule has 4 aromatic rings. The zero-order valence-electron chi connectivity index (χ0n) is 15.5.